The van der Waals surface area contributed by atoms with Crippen LogP contribution in [0.4, 0.5) is 11.4 Å². The van der Waals surface area contributed by atoms with Crippen molar-refractivity contribution in [3.05, 3.63) is 34.8 Å². The van der Waals surface area contributed by atoms with Crippen LogP contribution in [0.25, 0.3) is 0 Å². The second-order valence-electron chi connectivity index (χ2n) is 4.00. The van der Waals surface area contributed by atoms with Gasteiger partial charge in [0.15, 0.2) is 0 Å². The SMILES string of the molecule is CC(Nc1cccc(S(N)(=O)=O)c1N)c1nccs1. The lowest BCUT2D eigenvalue weighted by atomic mass is 10.2. The molecule has 0 fully saturated rings. The van der Waals surface area contributed by atoms with E-state index in [0.717, 1.165) is 5.01 Å². The number of nitrogens with one attached hydrogen (secondary N) is 1. The lowest BCUT2D eigenvalue weighted by Gasteiger charge is -2.16. The number of para-hydroxylation sites is 1. The molecule has 0 radical (unpaired) electrons. The van der Waals surface area contributed by atoms with Crippen LogP contribution in [0.1, 0.15) is 18.0 Å². The van der Waals surface area contributed by atoms with Gasteiger partial charge in [0.05, 0.1) is 17.4 Å². The van der Waals surface area contributed by atoms with Crippen molar-refractivity contribution in [2.24, 2.45) is 5.14 Å². The first kappa shape index (κ1) is 13.8. The molecule has 1 atom stereocenters. The van der Waals surface area contributed by atoms with Gasteiger partial charge >= 0.3 is 0 Å². The van der Waals surface area contributed by atoms with Gasteiger partial charge in [-0.05, 0) is 19.1 Å². The van der Waals surface area contributed by atoms with Crippen molar-refractivity contribution in [3.8, 4) is 0 Å². The highest BCUT2D eigenvalue weighted by molar-refractivity contribution is 7.89. The minimum Gasteiger partial charge on any atom is -0.396 e. The Kier molecular flexibility index (Phi) is 3.74. The van der Waals surface area contributed by atoms with Gasteiger partial charge in [0, 0.05) is 11.6 Å². The maximum atomic E-state index is 11.4. The molecule has 2 aromatic rings. The van der Waals surface area contributed by atoms with Crippen molar-refractivity contribution in [1.29, 1.82) is 0 Å². The van der Waals surface area contributed by atoms with E-state index < -0.39 is 10.0 Å². The van der Waals surface area contributed by atoms with Gasteiger partial charge in [-0.25, -0.2) is 18.5 Å². The van der Waals surface area contributed by atoms with Crippen molar-refractivity contribution in [2.75, 3.05) is 11.1 Å². The van der Waals surface area contributed by atoms with Gasteiger partial charge in [-0.15, -0.1) is 11.3 Å². The summed E-state index contributed by atoms with van der Waals surface area (Å²) in [6.07, 6.45) is 1.71. The normalized spacial score (nSPS) is 13.2. The average molecular weight is 298 g/mol. The highest BCUT2D eigenvalue weighted by Gasteiger charge is 2.16. The first-order valence-electron chi connectivity index (χ1n) is 5.47. The molecule has 8 heteroatoms. The van der Waals surface area contributed by atoms with E-state index in [1.165, 1.54) is 17.4 Å². The summed E-state index contributed by atoms with van der Waals surface area (Å²) in [5, 5.41) is 11.0. The number of nitrogen functional groups attached to an aromatic ring is 1. The highest BCUT2D eigenvalue weighted by atomic mass is 32.2. The Morgan fingerprint density at radius 2 is 2.16 bits per heavy atom. The molecule has 0 saturated heterocycles. The summed E-state index contributed by atoms with van der Waals surface area (Å²) in [5.41, 5.74) is 6.47. The molecule has 0 spiro atoms. The molecule has 102 valence electrons. The molecule has 1 unspecified atom stereocenters. The summed E-state index contributed by atoms with van der Waals surface area (Å²) in [6, 6.07) is 4.60. The molecule has 0 bridgehead atoms. The number of aromatic nitrogens is 1. The van der Waals surface area contributed by atoms with Crippen LogP contribution in [0.2, 0.25) is 0 Å². The van der Waals surface area contributed by atoms with Crippen molar-refractivity contribution in [1.82, 2.24) is 4.98 Å². The predicted molar refractivity (Wildman–Crippen MR) is 76.4 cm³/mol. The fraction of sp³-hybridized carbons (Fsp3) is 0.182. The molecule has 2 rings (SSSR count). The number of thiazole rings is 1. The summed E-state index contributed by atoms with van der Waals surface area (Å²) in [7, 11) is -3.82. The van der Waals surface area contributed by atoms with Crippen molar-refractivity contribution < 1.29 is 8.42 Å². The van der Waals surface area contributed by atoms with E-state index in [9.17, 15) is 8.42 Å². The number of anilines is 2. The van der Waals surface area contributed by atoms with Crippen LogP contribution in [-0.2, 0) is 10.0 Å². The fourth-order valence-electron chi connectivity index (χ4n) is 1.66. The van der Waals surface area contributed by atoms with Crippen molar-refractivity contribution in [3.63, 3.8) is 0 Å². The van der Waals surface area contributed by atoms with Gasteiger partial charge in [0.25, 0.3) is 0 Å². The number of nitrogens with zero attached hydrogens (tertiary/aromatic N) is 1. The van der Waals surface area contributed by atoms with E-state index in [0.29, 0.717) is 5.69 Å². The molecule has 0 aliphatic rings. The van der Waals surface area contributed by atoms with Crippen LogP contribution in [0.3, 0.4) is 0 Å². The van der Waals surface area contributed by atoms with E-state index in [2.05, 4.69) is 10.3 Å². The Balaban J connectivity index is 2.32. The molecule has 19 heavy (non-hydrogen) atoms. The standard InChI is InChI=1S/C11H14N4O2S2/c1-7(11-14-5-6-18-11)15-8-3-2-4-9(10(8)12)19(13,16)17/h2-7,15H,12H2,1H3,(H2,13,16,17). The number of benzene rings is 1. The number of sulfonamides is 1. The Labute approximate surface area is 115 Å². The van der Waals surface area contributed by atoms with Gasteiger partial charge < -0.3 is 11.1 Å². The number of nitrogens with two attached hydrogens (primary N) is 2. The second-order valence-corrected chi connectivity index (χ2v) is 6.45. The van der Waals surface area contributed by atoms with Crippen molar-refractivity contribution >= 4 is 32.7 Å². The largest absolute Gasteiger partial charge is 0.396 e. The number of rotatable bonds is 4. The highest BCUT2D eigenvalue weighted by Crippen LogP contribution is 2.29. The lowest BCUT2D eigenvalue weighted by Crippen LogP contribution is -2.16. The summed E-state index contributed by atoms with van der Waals surface area (Å²) >= 11 is 1.51. The molecule has 0 amide bonds. The van der Waals surface area contributed by atoms with Crippen LogP contribution in [0.15, 0.2) is 34.7 Å². The summed E-state index contributed by atoms with van der Waals surface area (Å²) in [5.74, 6) is 0. The van der Waals surface area contributed by atoms with E-state index >= 15 is 0 Å². The molecule has 1 heterocycles. The smallest absolute Gasteiger partial charge is 0.240 e. The molecule has 0 aliphatic carbocycles. The number of hydrogen-bond acceptors (Lipinski definition) is 6. The van der Waals surface area contributed by atoms with Crippen LogP contribution in [-0.4, -0.2) is 13.4 Å². The fourth-order valence-corrected chi connectivity index (χ4v) is 2.99. The predicted octanol–water partition coefficient (Wildman–Crippen LogP) is 1.55. The third-order valence-electron chi connectivity index (χ3n) is 2.57. The van der Waals surface area contributed by atoms with E-state index in [4.69, 9.17) is 10.9 Å². The number of hydrogen-bond donors (Lipinski definition) is 3. The van der Waals surface area contributed by atoms with E-state index in [1.807, 2.05) is 12.3 Å². The summed E-state index contributed by atoms with van der Waals surface area (Å²) in [4.78, 5) is 4.11. The maximum Gasteiger partial charge on any atom is 0.240 e. The molecule has 5 N–H and O–H groups in total. The molecule has 1 aromatic carbocycles. The maximum absolute atomic E-state index is 11.4. The molecule has 6 nitrogen and oxygen atoms in total. The third kappa shape index (κ3) is 3.03. The number of primary sulfonamides is 1. The molecule has 0 aliphatic heterocycles. The Hall–Kier alpha value is -1.64. The molecular weight excluding hydrogens is 284 g/mol. The van der Waals surface area contributed by atoms with Gasteiger partial charge in [-0.2, -0.15) is 0 Å². The Bertz CT molecular complexity index is 668. The average Bonchev–Trinajstić information content (AvgIpc) is 2.83. The minimum absolute atomic E-state index is 0.0713. The van der Waals surface area contributed by atoms with E-state index in [1.54, 1.807) is 18.3 Å². The molecule has 1 aromatic heterocycles. The van der Waals surface area contributed by atoms with E-state index in [-0.39, 0.29) is 16.6 Å². The summed E-state index contributed by atoms with van der Waals surface area (Å²) < 4.78 is 22.8. The van der Waals surface area contributed by atoms with Gasteiger partial charge in [-0.1, -0.05) is 6.07 Å². The first-order chi connectivity index (χ1) is 8.89. The van der Waals surface area contributed by atoms with Crippen LogP contribution in [0.5, 0.6) is 0 Å². The minimum atomic E-state index is -3.82. The summed E-state index contributed by atoms with van der Waals surface area (Å²) in [6.45, 7) is 1.92. The zero-order chi connectivity index (χ0) is 14.0. The van der Waals surface area contributed by atoms with Crippen LogP contribution < -0.4 is 16.2 Å². The topological polar surface area (TPSA) is 111 Å². The molecule has 0 saturated carbocycles. The first-order valence-corrected chi connectivity index (χ1v) is 7.89. The van der Waals surface area contributed by atoms with Crippen molar-refractivity contribution in [2.45, 2.75) is 17.9 Å². The third-order valence-corrected chi connectivity index (χ3v) is 4.49. The second kappa shape index (κ2) is 5.16. The van der Waals surface area contributed by atoms with Crippen LogP contribution >= 0.6 is 11.3 Å². The monoisotopic (exact) mass is 298 g/mol. The molecular formula is C11H14N4O2S2. The Morgan fingerprint density at radius 1 is 1.42 bits per heavy atom. The zero-order valence-electron chi connectivity index (χ0n) is 10.2. The van der Waals surface area contributed by atoms with Gasteiger partial charge in [-0.3, -0.25) is 0 Å². The van der Waals surface area contributed by atoms with Crippen LogP contribution in [0, 0.1) is 0 Å². The zero-order valence-corrected chi connectivity index (χ0v) is 11.8. The van der Waals surface area contributed by atoms with Gasteiger partial charge in [0.2, 0.25) is 10.0 Å². The Morgan fingerprint density at radius 3 is 2.74 bits per heavy atom. The quantitative estimate of drug-likeness (QED) is 0.741. The van der Waals surface area contributed by atoms with Gasteiger partial charge in [0.1, 0.15) is 9.90 Å². The lowest BCUT2D eigenvalue weighted by molar-refractivity contribution is 0.598.